The Bertz CT molecular complexity index is 483. The van der Waals surface area contributed by atoms with Crippen molar-refractivity contribution in [2.24, 2.45) is 11.7 Å². The Hall–Kier alpha value is -1.74. The molecule has 0 bridgehead atoms. The van der Waals surface area contributed by atoms with Crippen LogP contribution in [0.15, 0.2) is 48.8 Å². The lowest BCUT2D eigenvalue weighted by Gasteiger charge is -2.10. The van der Waals surface area contributed by atoms with Gasteiger partial charge in [0.05, 0.1) is 6.20 Å². The third-order valence-corrected chi connectivity index (χ3v) is 3.52. The van der Waals surface area contributed by atoms with E-state index in [0.29, 0.717) is 11.8 Å². The molecule has 0 aliphatic heterocycles. The highest BCUT2D eigenvalue weighted by atomic mass is 15.1. The van der Waals surface area contributed by atoms with E-state index in [2.05, 4.69) is 34.5 Å². The summed E-state index contributed by atoms with van der Waals surface area (Å²) in [4.78, 5) is 0. The molecule has 17 heavy (non-hydrogen) atoms. The molecule has 0 radical (unpaired) electrons. The van der Waals surface area contributed by atoms with Crippen LogP contribution in [0.5, 0.6) is 0 Å². The maximum atomic E-state index is 6.26. The molecule has 1 saturated carbocycles. The molecule has 1 heterocycles. The van der Waals surface area contributed by atoms with Crippen LogP contribution in [0.25, 0.3) is 0 Å². The molecule has 1 aliphatic rings. The fourth-order valence-corrected chi connectivity index (χ4v) is 2.44. The monoisotopic (exact) mass is 225 g/mol. The Morgan fingerprint density at radius 1 is 1.12 bits per heavy atom. The Morgan fingerprint density at radius 2 is 1.94 bits per heavy atom. The SMILES string of the molecule is NC(c1ccnnc1)C1CC1c1ccccc1. The molecule has 2 N–H and O–H groups in total. The van der Waals surface area contributed by atoms with E-state index in [9.17, 15) is 0 Å². The van der Waals surface area contributed by atoms with Crippen molar-refractivity contribution >= 4 is 0 Å². The molecular weight excluding hydrogens is 210 g/mol. The number of aromatic nitrogens is 2. The first-order valence-electron chi connectivity index (χ1n) is 5.93. The van der Waals surface area contributed by atoms with E-state index in [1.165, 1.54) is 12.0 Å². The Kier molecular flexibility index (Phi) is 2.61. The van der Waals surface area contributed by atoms with Gasteiger partial charge in [-0.05, 0) is 35.4 Å². The number of rotatable bonds is 3. The maximum Gasteiger partial charge on any atom is 0.0544 e. The standard InChI is InChI=1S/C14H15N3/c15-14(11-6-7-16-17-9-11)13-8-12(13)10-4-2-1-3-5-10/h1-7,9,12-14H,8,15H2. The molecule has 1 aliphatic carbocycles. The fourth-order valence-electron chi connectivity index (χ4n) is 2.44. The van der Waals surface area contributed by atoms with Gasteiger partial charge >= 0.3 is 0 Å². The van der Waals surface area contributed by atoms with Crippen molar-refractivity contribution in [1.82, 2.24) is 10.2 Å². The van der Waals surface area contributed by atoms with Crippen LogP contribution in [0.1, 0.15) is 29.5 Å². The Labute approximate surface area is 101 Å². The van der Waals surface area contributed by atoms with Gasteiger partial charge in [0, 0.05) is 12.2 Å². The van der Waals surface area contributed by atoms with Crippen LogP contribution in [0.4, 0.5) is 0 Å². The van der Waals surface area contributed by atoms with Crippen LogP contribution >= 0.6 is 0 Å². The van der Waals surface area contributed by atoms with Gasteiger partial charge in [0.15, 0.2) is 0 Å². The minimum absolute atomic E-state index is 0.0794. The van der Waals surface area contributed by atoms with Crippen LogP contribution in [0.3, 0.4) is 0 Å². The van der Waals surface area contributed by atoms with Crippen molar-refractivity contribution in [3.63, 3.8) is 0 Å². The third kappa shape index (κ3) is 2.06. The molecule has 0 spiro atoms. The van der Waals surface area contributed by atoms with Gasteiger partial charge in [0.25, 0.3) is 0 Å². The van der Waals surface area contributed by atoms with Crippen molar-refractivity contribution < 1.29 is 0 Å². The van der Waals surface area contributed by atoms with Gasteiger partial charge in [0.2, 0.25) is 0 Å². The smallest absolute Gasteiger partial charge is 0.0544 e. The molecule has 0 saturated heterocycles. The normalized spacial score (nSPS) is 24.3. The molecular formula is C14H15N3. The molecule has 2 aromatic rings. The zero-order valence-electron chi connectivity index (χ0n) is 9.53. The summed E-state index contributed by atoms with van der Waals surface area (Å²) in [6, 6.07) is 12.6. The van der Waals surface area contributed by atoms with Gasteiger partial charge in [-0.1, -0.05) is 30.3 Å². The minimum atomic E-state index is 0.0794. The molecule has 1 aromatic carbocycles. The molecule has 3 atom stereocenters. The lowest BCUT2D eigenvalue weighted by Crippen LogP contribution is -2.13. The van der Waals surface area contributed by atoms with Gasteiger partial charge in [-0.3, -0.25) is 0 Å². The predicted octanol–water partition coefficient (Wildman–Crippen LogP) is 2.28. The highest BCUT2D eigenvalue weighted by molar-refractivity contribution is 5.29. The second-order valence-corrected chi connectivity index (χ2v) is 4.62. The summed E-state index contributed by atoms with van der Waals surface area (Å²) in [5, 5.41) is 7.66. The second kappa shape index (κ2) is 4.26. The molecule has 3 unspecified atom stereocenters. The molecule has 3 rings (SSSR count). The van der Waals surface area contributed by atoms with E-state index in [4.69, 9.17) is 5.73 Å². The second-order valence-electron chi connectivity index (χ2n) is 4.62. The molecule has 1 fully saturated rings. The molecule has 86 valence electrons. The quantitative estimate of drug-likeness (QED) is 0.871. The van der Waals surface area contributed by atoms with Gasteiger partial charge in [-0.2, -0.15) is 10.2 Å². The van der Waals surface area contributed by atoms with E-state index < -0.39 is 0 Å². The number of nitrogens with two attached hydrogens (primary N) is 1. The van der Waals surface area contributed by atoms with E-state index in [0.717, 1.165) is 5.56 Å². The highest BCUT2D eigenvalue weighted by Gasteiger charge is 2.42. The summed E-state index contributed by atoms with van der Waals surface area (Å²) < 4.78 is 0. The van der Waals surface area contributed by atoms with E-state index in [1.807, 2.05) is 12.1 Å². The van der Waals surface area contributed by atoms with E-state index in [1.54, 1.807) is 12.4 Å². The summed E-state index contributed by atoms with van der Waals surface area (Å²) in [5.74, 6) is 1.15. The van der Waals surface area contributed by atoms with Crippen LogP contribution < -0.4 is 5.73 Å². The van der Waals surface area contributed by atoms with Crippen molar-refractivity contribution in [1.29, 1.82) is 0 Å². The molecule has 3 nitrogen and oxygen atoms in total. The minimum Gasteiger partial charge on any atom is -0.324 e. The number of benzene rings is 1. The fraction of sp³-hybridized carbons (Fsp3) is 0.286. The zero-order chi connectivity index (χ0) is 11.7. The summed E-state index contributed by atoms with van der Waals surface area (Å²) in [6.45, 7) is 0. The average Bonchev–Trinajstić information content (AvgIpc) is 3.20. The largest absolute Gasteiger partial charge is 0.324 e. The lowest BCUT2D eigenvalue weighted by molar-refractivity contribution is 0.611. The van der Waals surface area contributed by atoms with Crippen molar-refractivity contribution in [3.8, 4) is 0 Å². The van der Waals surface area contributed by atoms with Gasteiger partial charge in [0.1, 0.15) is 0 Å². The molecule has 0 amide bonds. The van der Waals surface area contributed by atoms with Crippen molar-refractivity contribution in [2.45, 2.75) is 18.4 Å². The van der Waals surface area contributed by atoms with Crippen LogP contribution in [-0.2, 0) is 0 Å². The average molecular weight is 225 g/mol. The van der Waals surface area contributed by atoms with Gasteiger partial charge in [-0.25, -0.2) is 0 Å². The first-order chi connectivity index (χ1) is 8.36. The number of hydrogen-bond acceptors (Lipinski definition) is 3. The number of nitrogens with zero attached hydrogens (tertiary/aromatic N) is 2. The van der Waals surface area contributed by atoms with Crippen LogP contribution in [-0.4, -0.2) is 10.2 Å². The zero-order valence-corrected chi connectivity index (χ0v) is 9.53. The summed E-state index contributed by atoms with van der Waals surface area (Å²) >= 11 is 0. The summed E-state index contributed by atoms with van der Waals surface area (Å²) in [5.41, 5.74) is 8.74. The number of hydrogen-bond donors (Lipinski definition) is 1. The van der Waals surface area contributed by atoms with Crippen LogP contribution in [0, 0.1) is 5.92 Å². The van der Waals surface area contributed by atoms with E-state index in [-0.39, 0.29) is 6.04 Å². The first kappa shape index (κ1) is 10.4. The topological polar surface area (TPSA) is 51.8 Å². The third-order valence-electron chi connectivity index (χ3n) is 3.52. The molecule has 3 heteroatoms. The van der Waals surface area contributed by atoms with E-state index >= 15 is 0 Å². The first-order valence-corrected chi connectivity index (χ1v) is 5.93. The Balaban J connectivity index is 1.73. The van der Waals surface area contributed by atoms with Gasteiger partial charge in [-0.15, -0.1) is 0 Å². The predicted molar refractivity (Wildman–Crippen MR) is 66.3 cm³/mol. The Morgan fingerprint density at radius 3 is 2.65 bits per heavy atom. The highest BCUT2D eigenvalue weighted by Crippen LogP contribution is 2.52. The molecule has 1 aromatic heterocycles. The van der Waals surface area contributed by atoms with Crippen molar-refractivity contribution in [3.05, 3.63) is 59.9 Å². The van der Waals surface area contributed by atoms with Crippen LogP contribution in [0.2, 0.25) is 0 Å². The summed E-state index contributed by atoms with van der Waals surface area (Å²) in [6.07, 6.45) is 4.65. The maximum absolute atomic E-state index is 6.26. The lowest BCUT2D eigenvalue weighted by atomic mass is 10.0. The summed E-state index contributed by atoms with van der Waals surface area (Å²) in [7, 11) is 0. The van der Waals surface area contributed by atoms with Crippen molar-refractivity contribution in [2.75, 3.05) is 0 Å². The van der Waals surface area contributed by atoms with Gasteiger partial charge < -0.3 is 5.73 Å².